The van der Waals surface area contributed by atoms with Gasteiger partial charge in [0.1, 0.15) is 13.2 Å². The van der Waals surface area contributed by atoms with Crippen molar-refractivity contribution in [3.63, 3.8) is 0 Å². The highest BCUT2D eigenvalue weighted by Gasteiger charge is 2.46. The van der Waals surface area contributed by atoms with Crippen molar-refractivity contribution in [2.45, 2.75) is 66.2 Å². The lowest BCUT2D eigenvalue weighted by Gasteiger charge is -2.46. The number of alkyl halides is 2. The summed E-state index contributed by atoms with van der Waals surface area (Å²) in [4.78, 5) is 12.3. The zero-order valence-electron chi connectivity index (χ0n) is 16.9. The predicted octanol–water partition coefficient (Wildman–Crippen LogP) is 6.50. The molecule has 2 rings (SSSR count). The molecule has 0 aromatic carbocycles. The van der Waals surface area contributed by atoms with E-state index in [-0.39, 0.29) is 10.8 Å². The van der Waals surface area contributed by atoms with Crippen LogP contribution in [0.3, 0.4) is 0 Å². The molecule has 152 valence electrons. The fourth-order valence-corrected chi connectivity index (χ4v) is 6.39. The summed E-state index contributed by atoms with van der Waals surface area (Å²) in [5.74, 6) is 2.83. The maximum absolute atomic E-state index is 12.3. The molecule has 2 aliphatic rings. The number of carbonyl (C=O) groups excluding carboxylic acids is 1. The van der Waals surface area contributed by atoms with Crippen LogP contribution in [0.25, 0.3) is 0 Å². The molecular weight excluding hydrogens is 371 g/mol. The maximum Gasteiger partial charge on any atom is 0.508 e. The van der Waals surface area contributed by atoms with Crippen molar-refractivity contribution in [3.05, 3.63) is 0 Å². The van der Waals surface area contributed by atoms with Crippen LogP contribution < -0.4 is 0 Å². The van der Waals surface area contributed by atoms with E-state index in [0.29, 0.717) is 48.6 Å². The lowest BCUT2D eigenvalue weighted by Crippen LogP contribution is -2.46. The summed E-state index contributed by atoms with van der Waals surface area (Å²) in [5.41, 5.74) is -0.289. The van der Waals surface area contributed by atoms with Crippen molar-refractivity contribution in [2.24, 2.45) is 34.5 Å². The number of carbonyl (C=O) groups is 1. The first-order chi connectivity index (χ1) is 12.3. The van der Waals surface area contributed by atoms with Crippen molar-refractivity contribution < 1.29 is 14.3 Å². The van der Waals surface area contributed by atoms with Gasteiger partial charge in [-0.15, -0.1) is 23.2 Å². The molecule has 0 saturated heterocycles. The van der Waals surface area contributed by atoms with E-state index >= 15 is 0 Å². The van der Waals surface area contributed by atoms with Gasteiger partial charge >= 0.3 is 6.16 Å². The molecule has 0 aromatic rings. The van der Waals surface area contributed by atoms with Crippen LogP contribution in [-0.4, -0.2) is 31.1 Å². The van der Waals surface area contributed by atoms with E-state index in [9.17, 15) is 4.79 Å². The second kappa shape index (κ2) is 9.37. The Morgan fingerprint density at radius 3 is 1.35 bits per heavy atom. The molecule has 0 radical (unpaired) electrons. The van der Waals surface area contributed by atoms with Gasteiger partial charge in [-0.3, -0.25) is 0 Å². The Morgan fingerprint density at radius 2 is 1.08 bits per heavy atom. The molecule has 3 nitrogen and oxygen atoms in total. The molecular formula is C21H36Cl2O3. The lowest BCUT2D eigenvalue weighted by atomic mass is 9.62. The van der Waals surface area contributed by atoms with Gasteiger partial charge in [0, 0.05) is 22.6 Å². The summed E-state index contributed by atoms with van der Waals surface area (Å²) in [6.07, 6.45) is 6.42. The van der Waals surface area contributed by atoms with Crippen LogP contribution in [0.15, 0.2) is 0 Å². The molecule has 4 atom stereocenters. The summed E-state index contributed by atoms with van der Waals surface area (Å²) < 4.78 is 11.2. The van der Waals surface area contributed by atoms with Gasteiger partial charge in [-0.2, -0.15) is 0 Å². The number of hydrogen-bond donors (Lipinski definition) is 0. The lowest BCUT2D eigenvalue weighted by molar-refractivity contribution is -0.0555. The van der Waals surface area contributed by atoms with Crippen molar-refractivity contribution in [1.29, 1.82) is 0 Å². The van der Waals surface area contributed by atoms with Crippen LogP contribution in [0.2, 0.25) is 0 Å². The molecule has 4 unspecified atom stereocenters. The largest absolute Gasteiger partial charge is 0.508 e. The Balaban J connectivity index is 1.93. The monoisotopic (exact) mass is 406 g/mol. The molecule has 0 spiro atoms. The number of ether oxygens (including phenoxy) is 2. The molecule has 5 heteroatoms. The van der Waals surface area contributed by atoms with Crippen molar-refractivity contribution in [3.8, 4) is 0 Å². The van der Waals surface area contributed by atoms with Crippen LogP contribution in [0.4, 0.5) is 4.79 Å². The fourth-order valence-electron chi connectivity index (χ4n) is 5.18. The minimum absolute atomic E-state index is 0.144. The normalized spacial score (nSPS) is 40.8. The Morgan fingerprint density at radius 1 is 0.769 bits per heavy atom. The van der Waals surface area contributed by atoms with Gasteiger partial charge < -0.3 is 9.47 Å². The van der Waals surface area contributed by atoms with E-state index < -0.39 is 6.16 Å². The van der Waals surface area contributed by atoms with E-state index in [1.54, 1.807) is 0 Å². The number of rotatable bonds is 6. The third-order valence-electron chi connectivity index (χ3n) is 7.89. The minimum Gasteiger partial charge on any atom is -0.434 e. The Hall–Kier alpha value is -0.150. The number of hydrogen-bond acceptors (Lipinski definition) is 3. The first kappa shape index (κ1) is 22.1. The zero-order valence-corrected chi connectivity index (χ0v) is 18.4. The van der Waals surface area contributed by atoms with Crippen LogP contribution in [0, 0.1) is 34.5 Å². The average molecular weight is 407 g/mol. The van der Waals surface area contributed by atoms with Crippen LogP contribution in [0.5, 0.6) is 0 Å². The van der Waals surface area contributed by atoms with Gasteiger partial charge in [0.15, 0.2) is 0 Å². The Bertz CT molecular complexity index is 408. The topological polar surface area (TPSA) is 35.5 Å². The molecule has 0 aliphatic heterocycles. The van der Waals surface area contributed by atoms with E-state index in [2.05, 4.69) is 27.7 Å². The predicted molar refractivity (Wildman–Crippen MR) is 108 cm³/mol. The van der Waals surface area contributed by atoms with Crippen LogP contribution >= 0.6 is 23.2 Å². The first-order valence-corrected chi connectivity index (χ1v) is 11.3. The van der Waals surface area contributed by atoms with E-state index in [0.717, 1.165) is 25.7 Å². The zero-order chi connectivity index (χ0) is 19.4. The van der Waals surface area contributed by atoms with Gasteiger partial charge in [-0.1, -0.05) is 40.5 Å². The maximum atomic E-state index is 12.3. The first-order valence-electron chi connectivity index (χ1n) is 10.2. The van der Waals surface area contributed by atoms with Gasteiger partial charge in [0.25, 0.3) is 0 Å². The van der Waals surface area contributed by atoms with Crippen molar-refractivity contribution >= 4 is 29.4 Å². The summed E-state index contributed by atoms with van der Waals surface area (Å²) >= 11 is 12.7. The smallest absolute Gasteiger partial charge is 0.434 e. The summed E-state index contributed by atoms with van der Waals surface area (Å²) in [6, 6.07) is 0. The summed E-state index contributed by atoms with van der Waals surface area (Å²) in [6.45, 7) is 9.58. The third-order valence-corrected chi connectivity index (χ3v) is 8.88. The van der Waals surface area contributed by atoms with Crippen LogP contribution in [-0.2, 0) is 9.47 Å². The molecule has 0 aromatic heterocycles. The molecule has 2 fully saturated rings. The SMILES string of the molecule is CC1CCCC(C)C1(CCl)COC(=O)OCC1(CCl)C(C)CCCC1C. The highest BCUT2D eigenvalue weighted by molar-refractivity contribution is 6.18. The van der Waals surface area contributed by atoms with Gasteiger partial charge in [0.2, 0.25) is 0 Å². The van der Waals surface area contributed by atoms with E-state index in [1.807, 2.05) is 0 Å². The van der Waals surface area contributed by atoms with E-state index in [4.69, 9.17) is 32.7 Å². The highest BCUT2D eigenvalue weighted by Crippen LogP contribution is 2.48. The Kier molecular flexibility index (Phi) is 7.98. The van der Waals surface area contributed by atoms with Gasteiger partial charge in [0.05, 0.1) is 0 Å². The van der Waals surface area contributed by atoms with Crippen molar-refractivity contribution in [2.75, 3.05) is 25.0 Å². The second-order valence-electron chi connectivity index (χ2n) is 9.03. The number of halogens is 2. The highest BCUT2D eigenvalue weighted by atomic mass is 35.5. The molecule has 0 heterocycles. The third kappa shape index (κ3) is 4.29. The van der Waals surface area contributed by atoms with Gasteiger partial charge in [-0.05, 0) is 49.4 Å². The van der Waals surface area contributed by atoms with Crippen LogP contribution in [0.1, 0.15) is 66.2 Å². The quantitative estimate of drug-likeness (QED) is 0.372. The molecule has 26 heavy (non-hydrogen) atoms. The Labute approximate surface area is 169 Å². The van der Waals surface area contributed by atoms with Gasteiger partial charge in [-0.25, -0.2) is 4.79 Å². The molecule has 0 N–H and O–H groups in total. The summed E-state index contributed by atoms with van der Waals surface area (Å²) in [5, 5.41) is 0. The molecule has 0 amide bonds. The minimum atomic E-state index is -0.575. The van der Waals surface area contributed by atoms with Crippen molar-refractivity contribution in [1.82, 2.24) is 0 Å². The second-order valence-corrected chi connectivity index (χ2v) is 9.56. The molecule has 2 aliphatic carbocycles. The average Bonchev–Trinajstić information content (AvgIpc) is 2.62. The summed E-state index contributed by atoms with van der Waals surface area (Å²) in [7, 11) is 0. The fraction of sp³-hybridized carbons (Fsp3) is 0.952. The molecule has 0 bridgehead atoms. The van der Waals surface area contributed by atoms with E-state index in [1.165, 1.54) is 12.8 Å². The molecule has 2 saturated carbocycles. The standard InChI is InChI=1S/C21H36Cl2O3/c1-15-7-5-8-16(2)20(15,11-22)13-25-19(24)26-14-21(12-23)17(3)9-6-10-18(21)4/h15-18H,5-14H2,1-4H3.